The minimum atomic E-state index is 0.661. The highest BCUT2D eigenvalue weighted by Gasteiger charge is 2.26. The Hall–Kier alpha value is -2.85. The van der Waals surface area contributed by atoms with Gasteiger partial charge >= 0.3 is 0 Å². The maximum Gasteiger partial charge on any atom is 0.242 e. The molecule has 0 radical (unpaired) electrons. The smallest absolute Gasteiger partial charge is 0.242 e. The Morgan fingerprint density at radius 2 is 1.92 bits per heavy atom. The van der Waals surface area contributed by atoms with E-state index in [1.807, 2.05) is 0 Å². The highest BCUT2D eigenvalue weighted by molar-refractivity contribution is 5.75. The van der Waals surface area contributed by atoms with Crippen LogP contribution in [0.15, 0.2) is 36.4 Å². The second kappa shape index (κ2) is 6.46. The summed E-state index contributed by atoms with van der Waals surface area (Å²) in [4.78, 5) is 2.11. The van der Waals surface area contributed by atoms with Gasteiger partial charge in [-0.1, -0.05) is 22.6 Å². The number of hydrogen-bond acceptors (Lipinski definition) is 2. The second-order valence-corrected chi connectivity index (χ2v) is 6.99. The van der Waals surface area contributed by atoms with Crippen molar-refractivity contribution in [2.24, 2.45) is 5.73 Å². The van der Waals surface area contributed by atoms with Crippen LogP contribution in [0.2, 0.25) is 0 Å². The van der Waals surface area contributed by atoms with E-state index in [1.165, 1.54) is 39.3 Å². The van der Waals surface area contributed by atoms with Crippen molar-refractivity contribution in [2.45, 2.75) is 13.3 Å². The molecule has 1 aliphatic heterocycles. The topological polar surface area (TPSA) is 39.6 Å². The number of fused-ring (bicyclic) bond motifs is 3. The van der Waals surface area contributed by atoms with Crippen LogP contribution in [0, 0.1) is 13.1 Å². The molecule has 3 aromatic rings. The minimum Gasteiger partial charge on any atom is -0.378 e. The standard InChI is InChI=1S/C22H25N4/c1-16-15-19(11-8-17-6-9-18(10-7-17)24(2)3)26-22(16)20(12-13-23)21-5-4-14-25(21)26/h4-11,14-15H,12-13,23H2,1-3H3/q+1. The molecule has 0 saturated carbocycles. The molecular weight excluding hydrogens is 320 g/mol. The molecule has 4 nitrogen and oxygen atoms in total. The maximum absolute atomic E-state index is 5.86. The van der Waals surface area contributed by atoms with Crippen LogP contribution in [0.1, 0.15) is 28.1 Å². The molecule has 0 fully saturated rings. The molecule has 1 aliphatic rings. The Morgan fingerprint density at radius 3 is 2.62 bits per heavy atom. The first-order chi connectivity index (χ1) is 12.6. The molecule has 0 spiro atoms. The van der Waals surface area contributed by atoms with Crippen molar-refractivity contribution in [3.8, 4) is 0 Å². The van der Waals surface area contributed by atoms with E-state index in [9.17, 15) is 0 Å². The van der Waals surface area contributed by atoms with Crippen molar-refractivity contribution in [1.82, 2.24) is 4.52 Å². The molecular formula is C22H25N4+. The third-order valence-electron chi connectivity index (χ3n) is 4.98. The predicted octanol–water partition coefficient (Wildman–Crippen LogP) is 3.03. The second-order valence-electron chi connectivity index (χ2n) is 6.99. The molecule has 0 saturated heterocycles. The van der Waals surface area contributed by atoms with Crippen LogP contribution in [0.4, 0.5) is 5.69 Å². The lowest BCUT2D eigenvalue weighted by molar-refractivity contribution is -0.583. The van der Waals surface area contributed by atoms with Gasteiger partial charge in [-0.05, 0) is 55.3 Å². The van der Waals surface area contributed by atoms with Gasteiger partial charge in [0.2, 0.25) is 11.9 Å². The van der Waals surface area contributed by atoms with Crippen molar-refractivity contribution in [3.63, 3.8) is 0 Å². The van der Waals surface area contributed by atoms with Gasteiger partial charge in [0.25, 0.3) is 0 Å². The highest BCUT2D eigenvalue weighted by atomic mass is 15.3. The summed E-state index contributed by atoms with van der Waals surface area (Å²) in [5, 5.41) is 0. The Labute approximate surface area is 154 Å². The fraction of sp³-hybridized carbons (Fsp3) is 0.227. The zero-order chi connectivity index (χ0) is 18.3. The van der Waals surface area contributed by atoms with Gasteiger partial charge in [0.1, 0.15) is 11.2 Å². The summed E-state index contributed by atoms with van der Waals surface area (Å²) in [5.74, 6) is 0. The number of hydrogen-bond donors (Lipinski definition) is 1. The van der Waals surface area contributed by atoms with Gasteiger partial charge in [-0.3, -0.25) is 0 Å². The number of anilines is 1. The van der Waals surface area contributed by atoms with Gasteiger partial charge < -0.3 is 10.6 Å². The molecule has 0 amide bonds. The normalized spacial score (nSPS) is 12.9. The quantitative estimate of drug-likeness (QED) is 0.722. The molecule has 1 aromatic carbocycles. The number of aromatic nitrogens is 2. The van der Waals surface area contributed by atoms with E-state index in [0.717, 1.165) is 6.42 Å². The van der Waals surface area contributed by atoms with E-state index in [4.69, 9.17) is 5.73 Å². The molecule has 132 valence electrons. The molecule has 2 aromatic heterocycles. The SMILES string of the molecule is Cc1cc(C=Cc2ccc(N(C)C)cc2)n2c1c(CCN)c1[n+]2=CC=C1. The van der Waals surface area contributed by atoms with Crippen LogP contribution in [-0.4, -0.2) is 25.2 Å². The third kappa shape index (κ3) is 2.63. The predicted molar refractivity (Wildman–Crippen MR) is 109 cm³/mol. The number of aryl methyl sites for hydroxylation is 1. The van der Waals surface area contributed by atoms with Gasteiger partial charge in [-0.25, -0.2) is 0 Å². The zero-order valence-corrected chi connectivity index (χ0v) is 15.6. The van der Waals surface area contributed by atoms with E-state index < -0.39 is 0 Å². The molecule has 3 heterocycles. The van der Waals surface area contributed by atoms with Gasteiger partial charge in [-0.15, -0.1) is 4.52 Å². The fourth-order valence-corrected chi connectivity index (χ4v) is 3.73. The fourth-order valence-electron chi connectivity index (χ4n) is 3.73. The molecule has 2 N–H and O–H groups in total. The first-order valence-corrected chi connectivity index (χ1v) is 9.02. The zero-order valence-electron chi connectivity index (χ0n) is 15.6. The average molecular weight is 345 g/mol. The van der Waals surface area contributed by atoms with Crippen molar-refractivity contribution in [1.29, 1.82) is 0 Å². The summed E-state index contributed by atoms with van der Waals surface area (Å²) >= 11 is 0. The Kier molecular flexibility index (Phi) is 4.13. The van der Waals surface area contributed by atoms with E-state index in [1.54, 1.807) is 0 Å². The van der Waals surface area contributed by atoms with Crippen LogP contribution in [0.25, 0.3) is 23.7 Å². The summed E-state index contributed by atoms with van der Waals surface area (Å²) in [7, 11) is 4.11. The summed E-state index contributed by atoms with van der Waals surface area (Å²) in [6.45, 7) is 2.84. The molecule has 0 aliphatic carbocycles. The number of allylic oxidation sites excluding steroid dienone is 1. The van der Waals surface area contributed by atoms with Crippen LogP contribution in [0.5, 0.6) is 0 Å². The number of rotatable bonds is 5. The lowest BCUT2D eigenvalue weighted by Gasteiger charge is -2.11. The van der Waals surface area contributed by atoms with E-state index in [0.29, 0.717) is 6.54 Å². The van der Waals surface area contributed by atoms with Crippen LogP contribution < -0.4 is 15.0 Å². The Morgan fingerprint density at radius 1 is 1.15 bits per heavy atom. The molecule has 4 heteroatoms. The van der Waals surface area contributed by atoms with Crippen molar-refractivity contribution in [3.05, 3.63) is 70.7 Å². The summed E-state index contributed by atoms with van der Waals surface area (Å²) < 4.78 is 4.52. The number of nitrogens with zero attached hydrogens (tertiary/aromatic N) is 3. The Balaban J connectivity index is 1.77. The van der Waals surface area contributed by atoms with Crippen molar-refractivity contribution in [2.75, 3.05) is 25.5 Å². The van der Waals surface area contributed by atoms with Gasteiger partial charge in [0.15, 0.2) is 0 Å². The average Bonchev–Trinajstić information content (AvgIpc) is 3.29. The number of benzene rings is 1. The van der Waals surface area contributed by atoms with Crippen molar-refractivity contribution >= 4 is 29.4 Å². The highest BCUT2D eigenvalue weighted by Crippen LogP contribution is 2.25. The third-order valence-corrected chi connectivity index (χ3v) is 4.98. The lowest BCUT2D eigenvalue weighted by Crippen LogP contribution is -2.24. The summed E-state index contributed by atoms with van der Waals surface area (Å²) in [6, 6.07) is 10.8. The first kappa shape index (κ1) is 16.6. The van der Waals surface area contributed by atoms with E-state index in [-0.39, 0.29) is 0 Å². The van der Waals surface area contributed by atoms with E-state index >= 15 is 0 Å². The summed E-state index contributed by atoms with van der Waals surface area (Å²) in [6.07, 6.45) is 11.6. The van der Waals surface area contributed by atoms with Gasteiger partial charge in [0, 0.05) is 31.9 Å². The molecule has 4 rings (SSSR count). The maximum atomic E-state index is 5.86. The van der Waals surface area contributed by atoms with Crippen LogP contribution >= 0.6 is 0 Å². The Bertz CT molecular complexity index is 1070. The first-order valence-electron chi connectivity index (χ1n) is 9.02. The largest absolute Gasteiger partial charge is 0.378 e. The minimum absolute atomic E-state index is 0.661. The van der Waals surface area contributed by atoms with Gasteiger partial charge in [-0.2, -0.15) is 0 Å². The molecule has 26 heavy (non-hydrogen) atoms. The molecule has 0 bridgehead atoms. The van der Waals surface area contributed by atoms with Crippen molar-refractivity contribution < 1.29 is 4.36 Å². The number of nitrogens with two attached hydrogens (primary N) is 1. The van der Waals surface area contributed by atoms with E-state index in [2.05, 4.69) is 95.6 Å². The van der Waals surface area contributed by atoms with Crippen LogP contribution in [0.3, 0.4) is 0 Å². The van der Waals surface area contributed by atoms with Crippen LogP contribution in [-0.2, 0) is 6.42 Å². The lowest BCUT2D eigenvalue weighted by atomic mass is 10.1. The van der Waals surface area contributed by atoms with Gasteiger partial charge in [0.05, 0.1) is 5.56 Å². The molecule has 0 atom stereocenters. The monoisotopic (exact) mass is 345 g/mol. The molecule has 0 unspecified atom stereocenters. The summed E-state index contributed by atoms with van der Waals surface area (Å²) in [5.41, 5.74) is 14.6.